The molecule has 1 atom stereocenters. The van der Waals surface area contributed by atoms with Crippen LogP contribution in [-0.2, 0) is 4.79 Å². The number of halogens is 1. The van der Waals surface area contributed by atoms with Crippen molar-refractivity contribution in [2.45, 2.75) is 39.8 Å². The van der Waals surface area contributed by atoms with Crippen molar-refractivity contribution >= 4 is 32.7 Å². The highest BCUT2D eigenvalue weighted by atomic mass is 79.9. The third-order valence-corrected chi connectivity index (χ3v) is 4.72. The highest BCUT2D eigenvalue weighted by Gasteiger charge is 2.10. The van der Waals surface area contributed by atoms with E-state index in [9.17, 15) is 4.79 Å². The number of benzene rings is 2. The van der Waals surface area contributed by atoms with E-state index >= 15 is 0 Å². The number of fused-ring (bicyclic) bond motifs is 1. The largest absolute Gasteiger partial charge is 0.491 e. The van der Waals surface area contributed by atoms with Gasteiger partial charge in [0.25, 0.3) is 0 Å². The maximum Gasteiger partial charge on any atom is 0.219 e. The summed E-state index contributed by atoms with van der Waals surface area (Å²) in [6.07, 6.45) is 0.110. The average Bonchev–Trinajstić information content (AvgIpc) is 2.62. The van der Waals surface area contributed by atoms with E-state index in [0.29, 0.717) is 11.6 Å². The number of nitrogens with one attached hydrogen (secondary N) is 1. The van der Waals surface area contributed by atoms with E-state index in [-0.39, 0.29) is 18.1 Å². The summed E-state index contributed by atoms with van der Waals surface area (Å²) in [5.41, 5.74) is 1.86. The SMILES string of the molecule is CC(=O)NC(C)c1ccc2nc(Oc3ccc(OC(C)C)cc3Br)ccc2c1. The Labute approximate surface area is 173 Å². The molecule has 3 rings (SSSR count). The molecule has 0 aliphatic rings. The molecule has 28 heavy (non-hydrogen) atoms. The normalized spacial score (nSPS) is 12.1. The van der Waals surface area contributed by atoms with Gasteiger partial charge in [0.1, 0.15) is 11.5 Å². The highest BCUT2D eigenvalue weighted by Crippen LogP contribution is 2.33. The van der Waals surface area contributed by atoms with Crippen LogP contribution in [0.5, 0.6) is 17.4 Å². The van der Waals surface area contributed by atoms with Gasteiger partial charge in [-0.25, -0.2) is 4.98 Å². The molecule has 5 nitrogen and oxygen atoms in total. The Bertz CT molecular complexity index is 1000. The van der Waals surface area contributed by atoms with Crippen LogP contribution in [0.15, 0.2) is 53.0 Å². The van der Waals surface area contributed by atoms with Crippen molar-refractivity contribution in [2.75, 3.05) is 0 Å². The van der Waals surface area contributed by atoms with Gasteiger partial charge in [0.2, 0.25) is 11.8 Å². The van der Waals surface area contributed by atoms with Gasteiger partial charge in [0, 0.05) is 18.4 Å². The fraction of sp³-hybridized carbons (Fsp3) is 0.273. The number of aromatic nitrogens is 1. The first-order chi connectivity index (χ1) is 13.3. The van der Waals surface area contributed by atoms with Gasteiger partial charge in [0.15, 0.2) is 0 Å². The molecule has 0 bridgehead atoms. The molecular weight excluding hydrogens is 420 g/mol. The van der Waals surface area contributed by atoms with Crippen molar-refractivity contribution in [3.63, 3.8) is 0 Å². The molecule has 1 N–H and O–H groups in total. The third kappa shape index (κ3) is 5.01. The first-order valence-electron chi connectivity index (χ1n) is 9.13. The smallest absolute Gasteiger partial charge is 0.219 e. The number of hydrogen-bond donors (Lipinski definition) is 1. The van der Waals surface area contributed by atoms with Crippen LogP contribution in [0.4, 0.5) is 0 Å². The number of carbonyl (C=O) groups is 1. The second-order valence-electron chi connectivity index (χ2n) is 6.88. The van der Waals surface area contributed by atoms with Crippen LogP contribution in [-0.4, -0.2) is 17.0 Å². The van der Waals surface area contributed by atoms with Crippen molar-refractivity contribution in [3.8, 4) is 17.4 Å². The van der Waals surface area contributed by atoms with E-state index in [4.69, 9.17) is 9.47 Å². The van der Waals surface area contributed by atoms with Crippen LogP contribution >= 0.6 is 15.9 Å². The van der Waals surface area contributed by atoms with Crippen molar-refractivity contribution in [2.24, 2.45) is 0 Å². The van der Waals surface area contributed by atoms with Crippen LogP contribution in [0.25, 0.3) is 10.9 Å². The Hall–Kier alpha value is -2.60. The monoisotopic (exact) mass is 442 g/mol. The van der Waals surface area contributed by atoms with E-state index in [1.807, 2.05) is 69.3 Å². The molecule has 3 aromatic rings. The first-order valence-corrected chi connectivity index (χ1v) is 9.93. The fourth-order valence-electron chi connectivity index (χ4n) is 2.86. The summed E-state index contributed by atoms with van der Waals surface area (Å²) in [7, 11) is 0. The lowest BCUT2D eigenvalue weighted by molar-refractivity contribution is -0.119. The van der Waals surface area contributed by atoms with Crippen molar-refractivity contribution < 1.29 is 14.3 Å². The van der Waals surface area contributed by atoms with Gasteiger partial charge >= 0.3 is 0 Å². The molecule has 1 aromatic heterocycles. The summed E-state index contributed by atoms with van der Waals surface area (Å²) < 4.78 is 12.4. The Balaban J connectivity index is 1.80. The Morgan fingerprint density at radius 2 is 1.86 bits per heavy atom. The minimum atomic E-state index is -0.0552. The Kier molecular flexibility index (Phi) is 6.19. The van der Waals surface area contributed by atoms with Gasteiger partial charge < -0.3 is 14.8 Å². The van der Waals surface area contributed by atoms with Gasteiger partial charge in [-0.2, -0.15) is 0 Å². The third-order valence-electron chi connectivity index (χ3n) is 4.10. The van der Waals surface area contributed by atoms with E-state index in [1.54, 1.807) is 0 Å². The zero-order chi connectivity index (χ0) is 20.3. The molecule has 0 fully saturated rings. The Morgan fingerprint density at radius 3 is 2.54 bits per heavy atom. The topological polar surface area (TPSA) is 60.5 Å². The Morgan fingerprint density at radius 1 is 1.07 bits per heavy atom. The van der Waals surface area contributed by atoms with Gasteiger partial charge in [-0.1, -0.05) is 6.07 Å². The number of amides is 1. The predicted octanol–water partition coefficient (Wildman–Crippen LogP) is 5.77. The van der Waals surface area contributed by atoms with Gasteiger partial charge in [-0.15, -0.1) is 0 Å². The maximum atomic E-state index is 11.3. The summed E-state index contributed by atoms with van der Waals surface area (Å²) in [6.45, 7) is 7.44. The van der Waals surface area contributed by atoms with E-state index < -0.39 is 0 Å². The van der Waals surface area contributed by atoms with Gasteiger partial charge in [-0.3, -0.25) is 4.79 Å². The molecule has 0 spiro atoms. The zero-order valence-electron chi connectivity index (χ0n) is 16.3. The molecule has 0 aliphatic heterocycles. The zero-order valence-corrected chi connectivity index (χ0v) is 17.9. The minimum absolute atomic E-state index is 0.0511. The molecule has 2 aromatic carbocycles. The molecule has 0 aliphatic carbocycles. The van der Waals surface area contributed by atoms with Gasteiger partial charge in [0.05, 0.1) is 22.1 Å². The molecule has 6 heteroatoms. The van der Waals surface area contributed by atoms with E-state index in [0.717, 1.165) is 26.7 Å². The lowest BCUT2D eigenvalue weighted by Crippen LogP contribution is -2.23. The predicted molar refractivity (Wildman–Crippen MR) is 114 cm³/mol. The molecule has 146 valence electrons. The number of nitrogens with zero attached hydrogens (tertiary/aromatic N) is 1. The number of hydrogen-bond acceptors (Lipinski definition) is 4. The summed E-state index contributed by atoms with van der Waals surface area (Å²) in [4.78, 5) is 15.8. The van der Waals surface area contributed by atoms with Crippen LogP contribution in [0.2, 0.25) is 0 Å². The number of carbonyl (C=O) groups excluding carboxylic acids is 1. The average molecular weight is 443 g/mol. The van der Waals surface area contributed by atoms with Crippen molar-refractivity contribution in [3.05, 3.63) is 58.6 Å². The highest BCUT2D eigenvalue weighted by molar-refractivity contribution is 9.10. The lowest BCUT2D eigenvalue weighted by atomic mass is 10.1. The molecule has 0 saturated heterocycles. The van der Waals surface area contributed by atoms with Crippen molar-refractivity contribution in [1.29, 1.82) is 0 Å². The van der Waals surface area contributed by atoms with E-state index in [2.05, 4.69) is 26.2 Å². The summed E-state index contributed by atoms with van der Waals surface area (Å²) in [6, 6.07) is 15.3. The molecule has 1 unspecified atom stereocenters. The van der Waals surface area contributed by atoms with Crippen LogP contribution < -0.4 is 14.8 Å². The van der Waals surface area contributed by atoms with Crippen molar-refractivity contribution in [1.82, 2.24) is 10.3 Å². The number of ether oxygens (including phenoxy) is 2. The fourth-order valence-corrected chi connectivity index (χ4v) is 3.30. The second kappa shape index (κ2) is 8.61. The number of rotatable bonds is 6. The van der Waals surface area contributed by atoms with E-state index in [1.165, 1.54) is 6.92 Å². The van der Waals surface area contributed by atoms with Crippen LogP contribution in [0, 0.1) is 0 Å². The number of pyridine rings is 1. The molecule has 0 radical (unpaired) electrons. The quantitative estimate of drug-likeness (QED) is 0.525. The van der Waals surface area contributed by atoms with Gasteiger partial charge in [-0.05, 0) is 78.7 Å². The van der Waals surface area contributed by atoms with Crippen LogP contribution in [0.3, 0.4) is 0 Å². The lowest BCUT2D eigenvalue weighted by Gasteiger charge is -2.14. The maximum absolute atomic E-state index is 11.3. The first kappa shape index (κ1) is 20.1. The molecule has 0 saturated carbocycles. The summed E-state index contributed by atoms with van der Waals surface area (Å²) in [5, 5.41) is 3.88. The molecule has 1 heterocycles. The molecule has 1 amide bonds. The van der Waals surface area contributed by atoms with Crippen LogP contribution in [0.1, 0.15) is 39.3 Å². The second-order valence-corrected chi connectivity index (χ2v) is 7.74. The minimum Gasteiger partial charge on any atom is -0.491 e. The summed E-state index contributed by atoms with van der Waals surface area (Å²) in [5.74, 6) is 1.90. The summed E-state index contributed by atoms with van der Waals surface area (Å²) >= 11 is 3.52. The molecular formula is C22H23BrN2O3. The standard InChI is InChI=1S/C22H23BrN2O3/c1-13(2)27-18-7-9-21(19(23)12-18)28-22-10-6-17-11-16(5-8-20(17)25-22)14(3)24-15(4)26/h5-14H,1-4H3,(H,24,26).